The zero-order valence-corrected chi connectivity index (χ0v) is 10.7. The van der Waals surface area contributed by atoms with E-state index in [1.807, 2.05) is 42.5 Å². The van der Waals surface area contributed by atoms with E-state index in [4.69, 9.17) is 4.74 Å². The monoisotopic (exact) mass is 250 g/mol. The summed E-state index contributed by atoms with van der Waals surface area (Å²) in [5, 5.41) is 0. The number of allylic oxidation sites excluding steroid dienone is 1. The minimum atomic E-state index is 0.161. The Morgan fingerprint density at radius 1 is 1.00 bits per heavy atom. The summed E-state index contributed by atoms with van der Waals surface area (Å²) in [5.41, 5.74) is 4.48. The van der Waals surface area contributed by atoms with E-state index in [0.717, 1.165) is 28.0 Å². The second-order valence-corrected chi connectivity index (χ2v) is 4.58. The van der Waals surface area contributed by atoms with Gasteiger partial charge in [0, 0.05) is 6.42 Å². The third kappa shape index (κ3) is 2.17. The first-order chi connectivity index (χ1) is 9.28. The molecule has 0 aromatic heterocycles. The Morgan fingerprint density at radius 2 is 1.79 bits per heavy atom. The van der Waals surface area contributed by atoms with Crippen molar-refractivity contribution in [2.75, 3.05) is 7.11 Å². The molecule has 0 radical (unpaired) electrons. The van der Waals surface area contributed by atoms with Crippen molar-refractivity contribution in [2.24, 2.45) is 0 Å². The van der Waals surface area contributed by atoms with Crippen LogP contribution in [0.25, 0.3) is 17.2 Å². The van der Waals surface area contributed by atoms with Gasteiger partial charge in [0.2, 0.25) is 0 Å². The maximum absolute atomic E-state index is 11.6. The van der Waals surface area contributed by atoms with Crippen molar-refractivity contribution in [1.29, 1.82) is 0 Å². The molecule has 1 aliphatic rings. The number of fused-ring (bicyclic) bond motifs is 1. The Balaban J connectivity index is 2.10. The van der Waals surface area contributed by atoms with E-state index in [-0.39, 0.29) is 5.78 Å². The Bertz CT molecular complexity index is 651. The minimum absolute atomic E-state index is 0.161. The highest BCUT2D eigenvalue weighted by molar-refractivity contribution is 6.00. The Hall–Kier alpha value is -2.35. The van der Waals surface area contributed by atoms with Crippen LogP contribution in [0.2, 0.25) is 0 Å². The number of methoxy groups -OCH3 is 1. The highest BCUT2D eigenvalue weighted by atomic mass is 16.5. The smallest absolute Gasteiger partial charge is 0.160 e. The predicted octanol–water partition coefficient (Wildman–Crippen LogP) is 3.50. The van der Waals surface area contributed by atoms with Crippen LogP contribution in [0.5, 0.6) is 5.75 Å². The zero-order chi connectivity index (χ0) is 13.2. The topological polar surface area (TPSA) is 26.3 Å². The third-order valence-corrected chi connectivity index (χ3v) is 3.41. The Labute approximate surface area is 112 Å². The van der Waals surface area contributed by atoms with Crippen LogP contribution < -0.4 is 4.74 Å². The lowest BCUT2D eigenvalue weighted by Gasteiger charge is -2.15. The number of hydrogen-bond donors (Lipinski definition) is 0. The first-order valence-electron chi connectivity index (χ1n) is 6.25. The Morgan fingerprint density at radius 3 is 2.53 bits per heavy atom. The van der Waals surface area contributed by atoms with Gasteiger partial charge in [-0.05, 0) is 40.5 Å². The lowest BCUT2D eigenvalue weighted by molar-refractivity contribution is -0.114. The molecule has 0 bridgehead atoms. The summed E-state index contributed by atoms with van der Waals surface area (Å²) < 4.78 is 5.17. The van der Waals surface area contributed by atoms with Crippen molar-refractivity contribution in [2.45, 2.75) is 6.42 Å². The normalized spacial score (nSPS) is 13.2. The van der Waals surface area contributed by atoms with E-state index in [0.29, 0.717) is 6.42 Å². The second kappa shape index (κ2) is 4.73. The molecule has 0 amide bonds. The summed E-state index contributed by atoms with van der Waals surface area (Å²) in [6.45, 7) is 0. The van der Waals surface area contributed by atoms with Crippen LogP contribution in [-0.2, 0) is 11.2 Å². The van der Waals surface area contributed by atoms with Crippen LogP contribution in [0.4, 0.5) is 0 Å². The van der Waals surface area contributed by atoms with Gasteiger partial charge in [0.15, 0.2) is 5.78 Å². The molecule has 0 unspecified atom stereocenters. The molecule has 2 aromatic rings. The van der Waals surface area contributed by atoms with Crippen LogP contribution in [0.3, 0.4) is 0 Å². The molecule has 2 nitrogen and oxygen atoms in total. The summed E-state index contributed by atoms with van der Waals surface area (Å²) in [4.78, 5) is 11.6. The number of rotatable bonds is 2. The highest BCUT2D eigenvalue weighted by Crippen LogP contribution is 2.30. The van der Waals surface area contributed by atoms with Crippen LogP contribution >= 0.6 is 0 Å². The predicted molar refractivity (Wildman–Crippen MR) is 76.2 cm³/mol. The van der Waals surface area contributed by atoms with Crippen molar-refractivity contribution in [3.05, 3.63) is 59.7 Å². The number of carbonyl (C=O) groups excluding carboxylic acids is 1. The molecule has 0 fully saturated rings. The van der Waals surface area contributed by atoms with Gasteiger partial charge >= 0.3 is 0 Å². The third-order valence-electron chi connectivity index (χ3n) is 3.41. The van der Waals surface area contributed by atoms with Gasteiger partial charge in [-0.25, -0.2) is 0 Å². The van der Waals surface area contributed by atoms with Gasteiger partial charge in [0.05, 0.1) is 7.11 Å². The number of hydrogen-bond acceptors (Lipinski definition) is 2. The van der Waals surface area contributed by atoms with E-state index in [1.165, 1.54) is 0 Å². The van der Waals surface area contributed by atoms with E-state index >= 15 is 0 Å². The molecule has 0 heterocycles. The van der Waals surface area contributed by atoms with Gasteiger partial charge < -0.3 is 4.74 Å². The maximum atomic E-state index is 11.6. The SMILES string of the molecule is COc1ccc(-c2cccc3c2CC(=O)C=C3)cc1. The fourth-order valence-corrected chi connectivity index (χ4v) is 2.42. The van der Waals surface area contributed by atoms with Gasteiger partial charge in [-0.2, -0.15) is 0 Å². The van der Waals surface area contributed by atoms with Crippen LogP contribution in [0.1, 0.15) is 11.1 Å². The molecule has 1 aliphatic carbocycles. The van der Waals surface area contributed by atoms with Gasteiger partial charge in [0.1, 0.15) is 5.75 Å². The van der Waals surface area contributed by atoms with Crippen molar-refractivity contribution >= 4 is 11.9 Å². The van der Waals surface area contributed by atoms with E-state index in [2.05, 4.69) is 6.07 Å². The largest absolute Gasteiger partial charge is 0.497 e. The fraction of sp³-hybridized carbons (Fsp3) is 0.118. The van der Waals surface area contributed by atoms with E-state index in [1.54, 1.807) is 13.2 Å². The summed E-state index contributed by atoms with van der Waals surface area (Å²) in [6, 6.07) is 14.1. The lowest BCUT2D eigenvalue weighted by atomic mass is 9.89. The molecule has 0 saturated carbocycles. The molecule has 19 heavy (non-hydrogen) atoms. The number of carbonyl (C=O) groups is 1. The first kappa shape index (κ1) is 11.7. The van der Waals surface area contributed by atoms with Crippen LogP contribution in [0.15, 0.2) is 48.5 Å². The van der Waals surface area contributed by atoms with Crippen molar-refractivity contribution in [3.63, 3.8) is 0 Å². The quantitative estimate of drug-likeness (QED) is 0.815. The summed E-state index contributed by atoms with van der Waals surface area (Å²) >= 11 is 0. The zero-order valence-electron chi connectivity index (χ0n) is 10.7. The average molecular weight is 250 g/mol. The van der Waals surface area contributed by atoms with Gasteiger partial charge in [-0.15, -0.1) is 0 Å². The molecule has 2 aromatic carbocycles. The number of ketones is 1. The van der Waals surface area contributed by atoms with Gasteiger partial charge in [0.25, 0.3) is 0 Å². The molecule has 0 aliphatic heterocycles. The van der Waals surface area contributed by atoms with Gasteiger partial charge in [-0.3, -0.25) is 4.79 Å². The molecule has 0 saturated heterocycles. The molecular formula is C17H14O2. The molecule has 0 spiro atoms. The molecule has 2 heteroatoms. The molecule has 3 rings (SSSR count). The van der Waals surface area contributed by atoms with Crippen LogP contribution in [-0.4, -0.2) is 12.9 Å². The number of ether oxygens (including phenoxy) is 1. The summed E-state index contributed by atoms with van der Waals surface area (Å²) in [5.74, 6) is 0.998. The molecule has 94 valence electrons. The highest BCUT2D eigenvalue weighted by Gasteiger charge is 2.14. The lowest BCUT2D eigenvalue weighted by Crippen LogP contribution is -2.06. The van der Waals surface area contributed by atoms with Crippen molar-refractivity contribution in [1.82, 2.24) is 0 Å². The summed E-state index contributed by atoms with van der Waals surface area (Å²) in [7, 11) is 1.66. The molecule has 0 atom stereocenters. The van der Waals surface area contributed by atoms with Gasteiger partial charge in [-0.1, -0.05) is 36.4 Å². The average Bonchev–Trinajstić information content (AvgIpc) is 2.47. The maximum Gasteiger partial charge on any atom is 0.160 e. The molecule has 0 N–H and O–H groups in total. The first-order valence-corrected chi connectivity index (χ1v) is 6.25. The minimum Gasteiger partial charge on any atom is -0.497 e. The fourth-order valence-electron chi connectivity index (χ4n) is 2.42. The standard InChI is InChI=1S/C17H14O2/c1-19-15-9-6-13(7-10-15)16-4-2-3-12-5-8-14(18)11-17(12)16/h2-10H,11H2,1H3. The van der Waals surface area contributed by atoms with E-state index < -0.39 is 0 Å². The van der Waals surface area contributed by atoms with E-state index in [9.17, 15) is 4.79 Å². The van der Waals surface area contributed by atoms with Crippen molar-refractivity contribution in [3.8, 4) is 16.9 Å². The Kier molecular flexibility index (Phi) is 2.92. The number of benzene rings is 2. The van der Waals surface area contributed by atoms with Crippen LogP contribution in [0, 0.1) is 0 Å². The van der Waals surface area contributed by atoms with Crippen molar-refractivity contribution < 1.29 is 9.53 Å². The summed E-state index contributed by atoms with van der Waals surface area (Å²) in [6.07, 6.45) is 4.03. The molecular weight excluding hydrogens is 236 g/mol. The second-order valence-electron chi connectivity index (χ2n) is 4.58.